The van der Waals surface area contributed by atoms with Crippen LogP contribution >= 0.6 is 22.6 Å². The lowest BCUT2D eigenvalue weighted by atomic mass is 10.1. The Morgan fingerprint density at radius 2 is 2.00 bits per heavy atom. The maximum Gasteiger partial charge on any atom is 0.0685 e. The number of rotatable bonds is 9. The van der Waals surface area contributed by atoms with E-state index in [1.807, 2.05) is 0 Å². The number of hydrogen-bond donors (Lipinski definition) is 0. The van der Waals surface area contributed by atoms with Gasteiger partial charge in [-0.3, -0.25) is 0 Å². The van der Waals surface area contributed by atoms with Gasteiger partial charge in [-0.1, -0.05) is 60.9 Å². The van der Waals surface area contributed by atoms with Crippen LogP contribution in [0.3, 0.4) is 0 Å². The van der Waals surface area contributed by atoms with Gasteiger partial charge in [0.2, 0.25) is 0 Å². The number of ether oxygens (including phenoxy) is 1. The zero-order valence-electron chi connectivity index (χ0n) is 10.0. The SMILES string of the molecule is C=C(CCCCCC)COC/C(C)=C/I. The molecule has 0 aromatic carbocycles. The van der Waals surface area contributed by atoms with Gasteiger partial charge in [0.1, 0.15) is 0 Å². The summed E-state index contributed by atoms with van der Waals surface area (Å²) >= 11 is 2.24. The standard InChI is InChI=1S/C13H23IO/c1-4-5-6-7-8-12(2)10-15-11-13(3)9-14/h9H,2,4-8,10-11H2,1,3H3/b13-9+. The van der Waals surface area contributed by atoms with Gasteiger partial charge in [0.15, 0.2) is 0 Å². The van der Waals surface area contributed by atoms with Crippen molar-refractivity contribution < 1.29 is 4.74 Å². The van der Waals surface area contributed by atoms with Gasteiger partial charge < -0.3 is 4.74 Å². The number of unbranched alkanes of at least 4 members (excludes halogenated alkanes) is 3. The summed E-state index contributed by atoms with van der Waals surface area (Å²) < 4.78 is 7.59. The monoisotopic (exact) mass is 322 g/mol. The average Bonchev–Trinajstić information content (AvgIpc) is 2.24. The van der Waals surface area contributed by atoms with Crippen molar-refractivity contribution in [2.24, 2.45) is 0 Å². The second-order valence-electron chi connectivity index (χ2n) is 4.01. The molecule has 0 heterocycles. The minimum Gasteiger partial charge on any atom is -0.373 e. The van der Waals surface area contributed by atoms with E-state index in [0.717, 1.165) is 13.0 Å². The normalized spacial score (nSPS) is 11.8. The largest absolute Gasteiger partial charge is 0.373 e. The Bertz CT molecular complexity index is 197. The van der Waals surface area contributed by atoms with Crippen molar-refractivity contribution in [3.05, 3.63) is 21.8 Å². The lowest BCUT2D eigenvalue weighted by Crippen LogP contribution is -2.00. The molecule has 88 valence electrons. The minimum absolute atomic E-state index is 0.716. The topological polar surface area (TPSA) is 9.23 Å². The predicted octanol–water partition coefficient (Wildman–Crippen LogP) is 4.87. The highest BCUT2D eigenvalue weighted by Gasteiger charge is 1.96. The first-order valence-electron chi connectivity index (χ1n) is 5.71. The summed E-state index contributed by atoms with van der Waals surface area (Å²) in [6.07, 6.45) is 6.33. The Labute approximate surface area is 108 Å². The summed E-state index contributed by atoms with van der Waals surface area (Å²) in [6.45, 7) is 9.79. The fourth-order valence-corrected chi connectivity index (χ4v) is 1.44. The molecule has 15 heavy (non-hydrogen) atoms. The van der Waals surface area contributed by atoms with Crippen LogP contribution in [0, 0.1) is 0 Å². The Morgan fingerprint density at radius 3 is 2.60 bits per heavy atom. The molecule has 2 heteroatoms. The van der Waals surface area contributed by atoms with Gasteiger partial charge in [0.25, 0.3) is 0 Å². The second-order valence-corrected chi connectivity index (χ2v) is 4.63. The van der Waals surface area contributed by atoms with Crippen LogP contribution in [0.25, 0.3) is 0 Å². The van der Waals surface area contributed by atoms with Crippen LogP contribution in [-0.2, 0) is 4.74 Å². The van der Waals surface area contributed by atoms with Gasteiger partial charge in [-0.25, -0.2) is 0 Å². The van der Waals surface area contributed by atoms with E-state index in [-0.39, 0.29) is 0 Å². The molecule has 0 fully saturated rings. The van der Waals surface area contributed by atoms with Crippen molar-refractivity contribution in [2.75, 3.05) is 13.2 Å². The molecule has 0 aliphatic rings. The predicted molar refractivity (Wildman–Crippen MR) is 76.5 cm³/mol. The van der Waals surface area contributed by atoms with E-state index in [0.29, 0.717) is 6.61 Å². The van der Waals surface area contributed by atoms with E-state index in [1.165, 1.54) is 36.8 Å². The molecule has 1 nitrogen and oxygen atoms in total. The van der Waals surface area contributed by atoms with Crippen molar-refractivity contribution in [1.29, 1.82) is 0 Å². The highest BCUT2D eigenvalue weighted by molar-refractivity contribution is 14.1. The highest BCUT2D eigenvalue weighted by atomic mass is 127. The molecule has 0 atom stereocenters. The van der Waals surface area contributed by atoms with Crippen molar-refractivity contribution in [3.63, 3.8) is 0 Å². The molecule has 0 unspecified atom stereocenters. The van der Waals surface area contributed by atoms with Crippen LogP contribution in [0.4, 0.5) is 0 Å². The van der Waals surface area contributed by atoms with Gasteiger partial charge in [-0.2, -0.15) is 0 Å². The maximum atomic E-state index is 5.53. The van der Waals surface area contributed by atoms with Gasteiger partial charge >= 0.3 is 0 Å². The van der Waals surface area contributed by atoms with E-state index >= 15 is 0 Å². The Kier molecular flexibility index (Phi) is 10.8. The minimum atomic E-state index is 0.716. The quantitative estimate of drug-likeness (QED) is 0.334. The molecule has 0 aromatic heterocycles. The molecule has 0 rings (SSSR count). The van der Waals surface area contributed by atoms with Gasteiger partial charge in [-0.15, -0.1) is 0 Å². The number of halogens is 1. The zero-order valence-corrected chi connectivity index (χ0v) is 12.2. The summed E-state index contributed by atoms with van der Waals surface area (Å²) in [7, 11) is 0. The van der Waals surface area contributed by atoms with Crippen LogP contribution in [0.2, 0.25) is 0 Å². The van der Waals surface area contributed by atoms with E-state index in [2.05, 4.69) is 47.1 Å². The van der Waals surface area contributed by atoms with E-state index in [1.54, 1.807) is 0 Å². The van der Waals surface area contributed by atoms with E-state index < -0.39 is 0 Å². The maximum absolute atomic E-state index is 5.53. The molecule has 0 spiro atoms. The molecule has 0 aromatic rings. The third kappa shape index (κ3) is 10.5. The molecule has 0 saturated carbocycles. The first kappa shape index (κ1) is 15.2. The molecule has 0 radical (unpaired) electrons. The van der Waals surface area contributed by atoms with Crippen LogP contribution in [0.1, 0.15) is 46.0 Å². The molecular formula is C13H23IO. The van der Waals surface area contributed by atoms with Crippen LogP contribution in [-0.4, -0.2) is 13.2 Å². The van der Waals surface area contributed by atoms with Gasteiger partial charge in [-0.05, 0) is 29.4 Å². The highest BCUT2D eigenvalue weighted by Crippen LogP contribution is 2.09. The number of hydrogen-bond acceptors (Lipinski definition) is 1. The fourth-order valence-electron chi connectivity index (χ4n) is 1.26. The molecular weight excluding hydrogens is 299 g/mol. The second kappa shape index (κ2) is 10.7. The molecule has 0 bridgehead atoms. The van der Waals surface area contributed by atoms with E-state index in [4.69, 9.17) is 4.74 Å². The van der Waals surface area contributed by atoms with Gasteiger partial charge in [0.05, 0.1) is 13.2 Å². The molecule has 0 N–H and O–H groups in total. The molecule has 0 aliphatic heterocycles. The van der Waals surface area contributed by atoms with Crippen molar-refractivity contribution in [2.45, 2.75) is 46.0 Å². The van der Waals surface area contributed by atoms with Gasteiger partial charge in [0, 0.05) is 0 Å². The smallest absolute Gasteiger partial charge is 0.0685 e. The third-order valence-corrected chi connectivity index (χ3v) is 3.27. The van der Waals surface area contributed by atoms with Crippen molar-refractivity contribution in [3.8, 4) is 0 Å². The first-order valence-corrected chi connectivity index (χ1v) is 6.95. The van der Waals surface area contributed by atoms with Crippen LogP contribution in [0.15, 0.2) is 21.8 Å². The lowest BCUT2D eigenvalue weighted by molar-refractivity contribution is 0.178. The molecule has 0 saturated heterocycles. The molecule has 0 aliphatic carbocycles. The summed E-state index contributed by atoms with van der Waals surface area (Å²) in [6, 6.07) is 0. The Balaban J connectivity index is 3.34. The van der Waals surface area contributed by atoms with Crippen molar-refractivity contribution >= 4 is 22.6 Å². The van der Waals surface area contributed by atoms with Crippen LogP contribution in [0.5, 0.6) is 0 Å². The summed E-state index contributed by atoms with van der Waals surface area (Å²) in [4.78, 5) is 0. The molecule has 0 amide bonds. The fraction of sp³-hybridized carbons (Fsp3) is 0.692. The third-order valence-electron chi connectivity index (χ3n) is 2.21. The Hall–Kier alpha value is 0.170. The zero-order chi connectivity index (χ0) is 11.5. The summed E-state index contributed by atoms with van der Waals surface area (Å²) in [5, 5.41) is 0. The van der Waals surface area contributed by atoms with Crippen molar-refractivity contribution in [1.82, 2.24) is 0 Å². The van der Waals surface area contributed by atoms with Crippen LogP contribution < -0.4 is 0 Å². The van der Waals surface area contributed by atoms with E-state index in [9.17, 15) is 0 Å². The lowest BCUT2D eigenvalue weighted by Gasteiger charge is -2.07. The summed E-state index contributed by atoms with van der Waals surface area (Å²) in [5.41, 5.74) is 2.50. The average molecular weight is 322 g/mol. The first-order chi connectivity index (χ1) is 7.20. The Morgan fingerprint density at radius 1 is 1.27 bits per heavy atom. The summed E-state index contributed by atoms with van der Waals surface area (Å²) in [5.74, 6) is 0.